The molecular formula is C22H19Cl2N3OS. The van der Waals surface area contributed by atoms with Crippen molar-refractivity contribution in [2.75, 3.05) is 0 Å². The molecule has 0 radical (unpaired) electrons. The molecule has 0 spiro atoms. The second-order valence-electron chi connectivity index (χ2n) is 6.80. The lowest BCUT2D eigenvalue weighted by Gasteiger charge is -2.12. The van der Waals surface area contributed by atoms with Crippen molar-refractivity contribution < 1.29 is 4.74 Å². The normalized spacial score (nSPS) is 11.2. The van der Waals surface area contributed by atoms with Crippen molar-refractivity contribution in [3.63, 3.8) is 0 Å². The van der Waals surface area contributed by atoms with Gasteiger partial charge in [-0.2, -0.15) is 0 Å². The summed E-state index contributed by atoms with van der Waals surface area (Å²) in [7, 11) is 0. The van der Waals surface area contributed by atoms with Crippen LogP contribution in [-0.2, 0) is 12.4 Å². The van der Waals surface area contributed by atoms with Crippen LogP contribution < -0.4 is 4.74 Å². The van der Waals surface area contributed by atoms with Gasteiger partial charge in [-0.1, -0.05) is 41.0 Å². The number of halogens is 2. The third-order valence-corrected chi connectivity index (χ3v) is 5.86. The average Bonchev–Trinajstić information content (AvgIpc) is 3.07. The molecule has 148 valence electrons. The maximum Gasteiger partial charge on any atom is 0.166 e. The van der Waals surface area contributed by atoms with Gasteiger partial charge in [-0.15, -0.1) is 0 Å². The molecule has 2 aromatic heterocycles. The molecule has 0 unspecified atom stereocenters. The number of aromatic amines is 1. The Morgan fingerprint density at radius 3 is 2.62 bits per heavy atom. The van der Waals surface area contributed by atoms with E-state index in [9.17, 15) is 0 Å². The van der Waals surface area contributed by atoms with Gasteiger partial charge in [0.2, 0.25) is 0 Å². The first-order chi connectivity index (χ1) is 14.0. The number of hydrogen-bond donors (Lipinski definition) is 1. The first-order valence-corrected chi connectivity index (χ1v) is 10.8. The van der Waals surface area contributed by atoms with Gasteiger partial charge in [0.15, 0.2) is 5.16 Å². The highest BCUT2D eigenvalue weighted by Gasteiger charge is 2.10. The predicted octanol–water partition coefficient (Wildman–Crippen LogP) is 6.75. The van der Waals surface area contributed by atoms with Crippen molar-refractivity contribution in [3.05, 3.63) is 81.1 Å². The Labute approximate surface area is 183 Å². The van der Waals surface area contributed by atoms with E-state index in [2.05, 4.69) is 34.0 Å². The van der Waals surface area contributed by atoms with Crippen molar-refractivity contribution in [3.8, 4) is 5.75 Å². The topological polar surface area (TPSA) is 50.8 Å². The van der Waals surface area contributed by atoms with Crippen LogP contribution in [0, 0.1) is 13.8 Å². The molecule has 2 aromatic carbocycles. The second kappa shape index (κ2) is 8.66. The number of imidazole rings is 1. The molecule has 1 N–H and O–H groups in total. The largest absolute Gasteiger partial charge is 0.489 e. The fourth-order valence-electron chi connectivity index (χ4n) is 3.02. The van der Waals surface area contributed by atoms with E-state index >= 15 is 0 Å². The van der Waals surface area contributed by atoms with Crippen LogP contribution in [0.1, 0.15) is 22.4 Å². The fourth-order valence-corrected chi connectivity index (χ4v) is 4.50. The van der Waals surface area contributed by atoms with Crippen LogP contribution in [0.25, 0.3) is 11.0 Å². The van der Waals surface area contributed by atoms with Gasteiger partial charge in [0.25, 0.3) is 0 Å². The highest BCUT2D eigenvalue weighted by Crippen LogP contribution is 2.28. The molecule has 4 aromatic rings. The van der Waals surface area contributed by atoms with Gasteiger partial charge in [-0.05, 0) is 61.4 Å². The summed E-state index contributed by atoms with van der Waals surface area (Å²) < 4.78 is 6.00. The molecule has 0 atom stereocenters. The van der Waals surface area contributed by atoms with Crippen LogP contribution >= 0.6 is 35.0 Å². The molecular weight excluding hydrogens is 425 g/mol. The monoisotopic (exact) mass is 443 g/mol. The van der Waals surface area contributed by atoms with Gasteiger partial charge >= 0.3 is 0 Å². The molecule has 0 fully saturated rings. The summed E-state index contributed by atoms with van der Waals surface area (Å²) in [5.74, 6) is 1.50. The lowest BCUT2D eigenvalue weighted by molar-refractivity contribution is 0.303. The van der Waals surface area contributed by atoms with E-state index in [4.69, 9.17) is 27.9 Å². The van der Waals surface area contributed by atoms with Crippen LogP contribution in [-0.4, -0.2) is 15.0 Å². The van der Waals surface area contributed by atoms with Crippen LogP contribution in [0.15, 0.2) is 53.8 Å². The SMILES string of the molecule is Cc1ccc2nc(SCc3nccc(OCc4cc(Cl)cc(Cl)c4)c3C)[nH]c2c1. The first kappa shape index (κ1) is 20.1. The van der Waals surface area contributed by atoms with E-state index in [1.807, 2.05) is 31.2 Å². The van der Waals surface area contributed by atoms with Crippen LogP contribution in [0.3, 0.4) is 0 Å². The fraction of sp³-hybridized carbons (Fsp3) is 0.182. The van der Waals surface area contributed by atoms with Crippen molar-refractivity contribution in [1.29, 1.82) is 0 Å². The minimum Gasteiger partial charge on any atom is -0.489 e. The molecule has 0 saturated carbocycles. The molecule has 0 amide bonds. The summed E-state index contributed by atoms with van der Waals surface area (Å²) in [5, 5.41) is 2.08. The smallest absolute Gasteiger partial charge is 0.166 e. The Bertz CT molecular complexity index is 1160. The number of H-pyrrole nitrogens is 1. The van der Waals surface area contributed by atoms with E-state index in [0.29, 0.717) is 22.4 Å². The van der Waals surface area contributed by atoms with E-state index < -0.39 is 0 Å². The number of nitrogens with one attached hydrogen (secondary N) is 1. The zero-order valence-corrected chi connectivity index (χ0v) is 18.3. The Morgan fingerprint density at radius 1 is 1.03 bits per heavy atom. The standard InChI is InChI=1S/C22H19Cl2N3OS/c1-13-3-4-18-19(7-13)27-22(26-18)29-12-20-14(2)21(5-6-25-20)28-11-15-8-16(23)10-17(24)9-15/h3-10H,11-12H2,1-2H3,(H,26,27). The molecule has 4 nitrogen and oxygen atoms in total. The van der Waals surface area contributed by atoms with Crippen molar-refractivity contribution >= 4 is 46.0 Å². The summed E-state index contributed by atoms with van der Waals surface area (Å²) >= 11 is 13.8. The minimum atomic E-state index is 0.390. The van der Waals surface area contributed by atoms with Gasteiger partial charge < -0.3 is 9.72 Å². The summed E-state index contributed by atoms with van der Waals surface area (Å²) in [5.41, 5.74) is 6.14. The molecule has 0 aliphatic heterocycles. The van der Waals surface area contributed by atoms with Crippen LogP contribution in [0.4, 0.5) is 0 Å². The van der Waals surface area contributed by atoms with Gasteiger partial charge in [-0.3, -0.25) is 4.98 Å². The van der Waals surface area contributed by atoms with E-state index in [1.165, 1.54) is 5.56 Å². The number of ether oxygens (including phenoxy) is 1. The maximum atomic E-state index is 6.06. The van der Waals surface area contributed by atoms with Crippen LogP contribution in [0.5, 0.6) is 5.75 Å². The third-order valence-electron chi connectivity index (χ3n) is 4.54. The van der Waals surface area contributed by atoms with Crippen LogP contribution in [0.2, 0.25) is 10.0 Å². The number of fused-ring (bicyclic) bond motifs is 1. The summed E-state index contributed by atoms with van der Waals surface area (Å²) in [6.07, 6.45) is 1.77. The molecule has 0 aliphatic rings. The molecule has 7 heteroatoms. The van der Waals surface area contributed by atoms with Gasteiger partial charge in [-0.25, -0.2) is 4.98 Å². The molecule has 4 rings (SSSR count). The quantitative estimate of drug-likeness (QED) is 0.334. The van der Waals surface area contributed by atoms with Gasteiger partial charge in [0, 0.05) is 27.6 Å². The number of rotatable bonds is 6. The molecule has 29 heavy (non-hydrogen) atoms. The Morgan fingerprint density at radius 2 is 1.83 bits per heavy atom. The second-order valence-corrected chi connectivity index (χ2v) is 8.64. The predicted molar refractivity (Wildman–Crippen MR) is 120 cm³/mol. The number of nitrogens with zero attached hydrogens (tertiary/aromatic N) is 2. The summed E-state index contributed by atoms with van der Waals surface area (Å²) in [6.45, 7) is 4.48. The first-order valence-electron chi connectivity index (χ1n) is 9.09. The molecule has 0 bridgehead atoms. The Hall–Kier alpha value is -2.21. The van der Waals surface area contributed by atoms with Crippen molar-refractivity contribution in [2.45, 2.75) is 31.4 Å². The molecule has 2 heterocycles. The van der Waals surface area contributed by atoms with E-state index in [1.54, 1.807) is 24.0 Å². The lowest BCUT2D eigenvalue weighted by atomic mass is 10.2. The number of aryl methyl sites for hydroxylation is 1. The lowest BCUT2D eigenvalue weighted by Crippen LogP contribution is -2.00. The Balaban J connectivity index is 1.45. The number of benzene rings is 2. The highest BCUT2D eigenvalue weighted by molar-refractivity contribution is 7.98. The van der Waals surface area contributed by atoms with Crippen molar-refractivity contribution in [2.24, 2.45) is 0 Å². The Kier molecular flexibility index (Phi) is 5.99. The molecule has 0 aliphatic carbocycles. The minimum absolute atomic E-state index is 0.390. The van der Waals surface area contributed by atoms with Gasteiger partial charge in [0.1, 0.15) is 12.4 Å². The van der Waals surface area contributed by atoms with E-state index in [-0.39, 0.29) is 0 Å². The van der Waals surface area contributed by atoms with E-state index in [0.717, 1.165) is 38.8 Å². The number of hydrogen-bond acceptors (Lipinski definition) is 4. The third kappa shape index (κ3) is 4.86. The summed E-state index contributed by atoms with van der Waals surface area (Å²) in [6, 6.07) is 13.5. The number of pyridine rings is 1. The molecule has 0 saturated heterocycles. The number of thioether (sulfide) groups is 1. The average molecular weight is 444 g/mol. The summed E-state index contributed by atoms with van der Waals surface area (Å²) in [4.78, 5) is 12.5. The zero-order valence-electron chi connectivity index (χ0n) is 16.0. The maximum absolute atomic E-state index is 6.06. The van der Waals surface area contributed by atoms with Crippen molar-refractivity contribution in [1.82, 2.24) is 15.0 Å². The zero-order chi connectivity index (χ0) is 20.4. The van der Waals surface area contributed by atoms with Gasteiger partial charge in [0.05, 0.1) is 16.7 Å². The number of aromatic nitrogens is 3. The highest BCUT2D eigenvalue weighted by atomic mass is 35.5.